The highest BCUT2D eigenvalue weighted by atomic mass is 35.5. The maximum atomic E-state index is 5.94. The molecule has 0 spiro atoms. The number of nitrogens with one attached hydrogen (secondary N) is 1. The zero-order valence-corrected chi connectivity index (χ0v) is 11.0. The molecule has 0 aliphatic rings. The van der Waals surface area contributed by atoms with Crippen LogP contribution in [0.25, 0.3) is 0 Å². The first-order valence-corrected chi connectivity index (χ1v) is 6.21. The summed E-state index contributed by atoms with van der Waals surface area (Å²) in [5.74, 6) is 0. The lowest BCUT2D eigenvalue weighted by Crippen LogP contribution is -2.21. The van der Waals surface area contributed by atoms with Crippen molar-refractivity contribution in [3.05, 3.63) is 58.9 Å². The van der Waals surface area contributed by atoms with Gasteiger partial charge < -0.3 is 11.1 Å². The Morgan fingerprint density at radius 3 is 2.61 bits per heavy atom. The quantitative estimate of drug-likeness (QED) is 0.889. The van der Waals surface area contributed by atoms with Gasteiger partial charge in [-0.1, -0.05) is 11.6 Å². The first-order valence-electron chi connectivity index (χ1n) is 5.83. The van der Waals surface area contributed by atoms with E-state index in [0.29, 0.717) is 6.54 Å². The summed E-state index contributed by atoms with van der Waals surface area (Å²) in [6.45, 7) is 2.54. The third-order valence-electron chi connectivity index (χ3n) is 2.86. The summed E-state index contributed by atoms with van der Waals surface area (Å²) in [6.07, 6.45) is 3.54. The van der Waals surface area contributed by atoms with Gasteiger partial charge in [0.05, 0.1) is 6.04 Å². The summed E-state index contributed by atoms with van der Waals surface area (Å²) in [6, 6.07) is 9.79. The molecule has 1 unspecified atom stereocenters. The van der Waals surface area contributed by atoms with E-state index < -0.39 is 0 Å². The summed E-state index contributed by atoms with van der Waals surface area (Å²) in [7, 11) is 0. The number of aryl methyl sites for hydroxylation is 1. The summed E-state index contributed by atoms with van der Waals surface area (Å²) >= 11 is 5.94. The highest BCUT2D eigenvalue weighted by Crippen LogP contribution is 2.24. The van der Waals surface area contributed by atoms with Gasteiger partial charge in [-0.3, -0.25) is 4.98 Å². The Morgan fingerprint density at radius 2 is 2.00 bits per heavy atom. The Hall–Kier alpha value is -1.58. The predicted molar refractivity (Wildman–Crippen MR) is 75.8 cm³/mol. The van der Waals surface area contributed by atoms with Gasteiger partial charge in [0, 0.05) is 29.6 Å². The molecule has 0 saturated carbocycles. The number of halogens is 1. The van der Waals surface area contributed by atoms with E-state index in [-0.39, 0.29) is 6.04 Å². The van der Waals surface area contributed by atoms with Gasteiger partial charge in [0.2, 0.25) is 0 Å². The third kappa shape index (κ3) is 3.00. The van der Waals surface area contributed by atoms with Crippen LogP contribution >= 0.6 is 11.6 Å². The number of rotatable bonds is 4. The van der Waals surface area contributed by atoms with E-state index >= 15 is 0 Å². The van der Waals surface area contributed by atoms with Crippen molar-refractivity contribution < 1.29 is 0 Å². The molecule has 0 bridgehead atoms. The van der Waals surface area contributed by atoms with Crippen LogP contribution in [0.5, 0.6) is 0 Å². The Balaban J connectivity index is 2.21. The number of pyridine rings is 1. The smallest absolute Gasteiger partial charge is 0.0637 e. The molecule has 0 fully saturated rings. The molecule has 0 radical (unpaired) electrons. The van der Waals surface area contributed by atoms with Crippen molar-refractivity contribution in [2.45, 2.75) is 13.0 Å². The second kappa shape index (κ2) is 5.85. The molecule has 2 aromatic rings. The molecule has 1 heterocycles. The van der Waals surface area contributed by atoms with Crippen LogP contribution in [0.15, 0.2) is 42.7 Å². The summed E-state index contributed by atoms with van der Waals surface area (Å²) in [4.78, 5) is 4.01. The van der Waals surface area contributed by atoms with Gasteiger partial charge in [-0.25, -0.2) is 0 Å². The van der Waals surface area contributed by atoms with Crippen LogP contribution in [-0.2, 0) is 0 Å². The standard InChI is InChI=1S/C14H16ClN3/c1-10-8-12(15)2-3-13(10)18-14(9-16)11-4-6-17-7-5-11/h2-8,14,18H,9,16H2,1H3. The lowest BCUT2D eigenvalue weighted by atomic mass is 10.1. The van der Waals surface area contributed by atoms with Gasteiger partial charge in [-0.2, -0.15) is 0 Å². The van der Waals surface area contributed by atoms with Crippen molar-refractivity contribution in [3.63, 3.8) is 0 Å². The Labute approximate surface area is 112 Å². The van der Waals surface area contributed by atoms with E-state index in [9.17, 15) is 0 Å². The van der Waals surface area contributed by atoms with Gasteiger partial charge in [0.1, 0.15) is 0 Å². The third-order valence-corrected chi connectivity index (χ3v) is 3.10. The SMILES string of the molecule is Cc1cc(Cl)ccc1NC(CN)c1ccncc1. The molecular weight excluding hydrogens is 246 g/mol. The second-order valence-electron chi connectivity index (χ2n) is 4.17. The molecule has 1 aromatic heterocycles. The van der Waals surface area contributed by atoms with Crippen LogP contribution in [0.3, 0.4) is 0 Å². The maximum absolute atomic E-state index is 5.94. The van der Waals surface area contributed by atoms with Crippen molar-refractivity contribution in [1.29, 1.82) is 0 Å². The Morgan fingerprint density at radius 1 is 1.28 bits per heavy atom. The van der Waals surface area contributed by atoms with Crippen LogP contribution < -0.4 is 11.1 Å². The van der Waals surface area contributed by atoms with Crippen LogP contribution in [0.1, 0.15) is 17.2 Å². The van der Waals surface area contributed by atoms with Crippen molar-refractivity contribution in [3.8, 4) is 0 Å². The average Bonchev–Trinajstić information content (AvgIpc) is 2.39. The molecule has 1 aromatic carbocycles. The summed E-state index contributed by atoms with van der Waals surface area (Å²) < 4.78 is 0. The average molecular weight is 262 g/mol. The van der Waals surface area contributed by atoms with Gasteiger partial charge in [-0.05, 0) is 48.4 Å². The normalized spacial score (nSPS) is 12.2. The van der Waals surface area contributed by atoms with E-state index in [2.05, 4.69) is 10.3 Å². The van der Waals surface area contributed by atoms with E-state index in [4.69, 9.17) is 17.3 Å². The first-order chi connectivity index (χ1) is 8.70. The first kappa shape index (κ1) is 12.9. The van der Waals surface area contributed by atoms with Gasteiger partial charge in [0.25, 0.3) is 0 Å². The van der Waals surface area contributed by atoms with Crippen molar-refractivity contribution >= 4 is 17.3 Å². The lowest BCUT2D eigenvalue weighted by Gasteiger charge is -2.20. The highest BCUT2D eigenvalue weighted by molar-refractivity contribution is 6.30. The zero-order valence-electron chi connectivity index (χ0n) is 10.2. The van der Waals surface area contributed by atoms with Crippen LogP contribution in [-0.4, -0.2) is 11.5 Å². The van der Waals surface area contributed by atoms with Crippen LogP contribution in [0.4, 0.5) is 5.69 Å². The molecule has 0 aliphatic heterocycles. The van der Waals surface area contributed by atoms with Crippen molar-refractivity contribution in [2.24, 2.45) is 5.73 Å². The number of hydrogen-bond donors (Lipinski definition) is 2. The molecule has 94 valence electrons. The number of nitrogens with zero attached hydrogens (tertiary/aromatic N) is 1. The minimum atomic E-state index is 0.0767. The molecule has 1 atom stereocenters. The van der Waals surface area contributed by atoms with Crippen molar-refractivity contribution in [2.75, 3.05) is 11.9 Å². The Kier molecular flexibility index (Phi) is 4.18. The number of anilines is 1. The number of aromatic nitrogens is 1. The van der Waals surface area contributed by atoms with E-state index in [0.717, 1.165) is 21.8 Å². The maximum Gasteiger partial charge on any atom is 0.0637 e. The Bertz CT molecular complexity index is 514. The van der Waals surface area contributed by atoms with Crippen LogP contribution in [0.2, 0.25) is 5.02 Å². The van der Waals surface area contributed by atoms with E-state index in [1.807, 2.05) is 37.3 Å². The number of benzene rings is 1. The molecule has 0 amide bonds. The highest BCUT2D eigenvalue weighted by Gasteiger charge is 2.10. The number of nitrogens with two attached hydrogens (primary N) is 1. The van der Waals surface area contributed by atoms with E-state index in [1.165, 1.54) is 0 Å². The topological polar surface area (TPSA) is 50.9 Å². The van der Waals surface area contributed by atoms with Gasteiger partial charge in [-0.15, -0.1) is 0 Å². The molecule has 2 rings (SSSR count). The zero-order chi connectivity index (χ0) is 13.0. The molecule has 3 N–H and O–H groups in total. The minimum Gasteiger partial charge on any atom is -0.377 e. The lowest BCUT2D eigenvalue weighted by molar-refractivity contribution is 0.787. The fraction of sp³-hybridized carbons (Fsp3) is 0.214. The van der Waals surface area contributed by atoms with Crippen molar-refractivity contribution in [1.82, 2.24) is 4.98 Å². The minimum absolute atomic E-state index is 0.0767. The predicted octanol–water partition coefficient (Wildman–Crippen LogP) is 3.16. The summed E-state index contributed by atoms with van der Waals surface area (Å²) in [5, 5.41) is 4.17. The second-order valence-corrected chi connectivity index (χ2v) is 4.61. The largest absolute Gasteiger partial charge is 0.377 e. The number of hydrogen-bond acceptors (Lipinski definition) is 3. The molecule has 0 saturated heterocycles. The summed E-state index contributed by atoms with van der Waals surface area (Å²) in [5.41, 5.74) is 9.10. The monoisotopic (exact) mass is 261 g/mol. The molecule has 18 heavy (non-hydrogen) atoms. The molecule has 0 aliphatic carbocycles. The fourth-order valence-electron chi connectivity index (χ4n) is 1.85. The van der Waals surface area contributed by atoms with E-state index in [1.54, 1.807) is 12.4 Å². The molecular formula is C14H16ClN3. The van der Waals surface area contributed by atoms with Gasteiger partial charge in [0.15, 0.2) is 0 Å². The fourth-order valence-corrected chi connectivity index (χ4v) is 2.08. The molecule has 3 nitrogen and oxygen atoms in total. The van der Waals surface area contributed by atoms with Crippen LogP contribution in [0, 0.1) is 6.92 Å². The van der Waals surface area contributed by atoms with Gasteiger partial charge >= 0.3 is 0 Å². The molecule has 4 heteroatoms.